The van der Waals surface area contributed by atoms with Gasteiger partial charge in [0.05, 0.1) is 11.7 Å². The number of fused-ring (bicyclic) bond motifs is 1. The molecule has 4 heterocycles. The lowest BCUT2D eigenvalue weighted by atomic mass is 10.2. The van der Waals surface area contributed by atoms with E-state index in [9.17, 15) is 4.79 Å². The minimum absolute atomic E-state index is 0.0511. The molecule has 4 rings (SSSR count). The number of hydrogen-bond acceptors (Lipinski definition) is 6. The number of pyridine rings is 1. The van der Waals surface area contributed by atoms with E-state index in [-0.39, 0.29) is 11.6 Å². The molecule has 1 aliphatic rings. The Morgan fingerprint density at radius 3 is 3.00 bits per heavy atom. The minimum atomic E-state index is -0.0511. The van der Waals surface area contributed by atoms with Crippen LogP contribution in [0.25, 0.3) is 5.65 Å². The van der Waals surface area contributed by atoms with Gasteiger partial charge in [-0.25, -0.2) is 4.98 Å². The fraction of sp³-hybridized carbons (Fsp3) is 0.412. The van der Waals surface area contributed by atoms with Crippen LogP contribution in [0.2, 0.25) is 0 Å². The van der Waals surface area contributed by atoms with Gasteiger partial charge in [-0.15, -0.1) is 0 Å². The van der Waals surface area contributed by atoms with Gasteiger partial charge in [0.2, 0.25) is 5.89 Å². The highest BCUT2D eigenvalue weighted by Gasteiger charge is 2.30. The third kappa shape index (κ3) is 2.60. The average molecular weight is 325 g/mol. The first-order chi connectivity index (χ1) is 11.6. The van der Waals surface area contributed by atoms with Crippen LogP contribution < -0.4 is 5.56 Å². The first-order valence-electron chi connectivity index (χ1n) is 8.14. The molecule has 0 bridgehead atoms. The highest BCUT2D eigenvalue weighted by Crippen LogP contribution is 2.31. The molecule has 3 aromatic heterocycles. The molecule has 7 heteroatoms. The summed E-state index contributed by atoms with van der Waals surface area (Å²) in [5.41, 5.74) is 2.43. The Labute approximate surface area is 138 Å². The lowest BCUT2D eigenvalue weighted by Crippen LogP contribution is -2.26. The van der Waals surface area contributed by atoms with Crippen molar-refractivity contribution in [2.24, 2.45) is 0 Å². The number of aryl methyl sites for hydroxylation is 2. The molecule has 0 N–H and O–H groups in total. The molecular formula is C17H19N5O2. The maximum atomic E-state index is 12.3. The van der Waals surface area contributed by atoms with Crippen molar-refractivity contribution in [3.05, 3.63) is 57.7 Å². The van der Waals surface area contributed by atoms with Crippen LogP contribution in [0, 0.1) is 13.8 Å². The molecule has 0 aliphatic carbocycles. The Hall–Kier alpha value is -2.54. The van der Waals surface area contributed by atoms with Gasteiger partial charge in [0.15, 0.2) is 5.82 Å². The van der Waals surface area contributed by atoms with Crippen LogP contribution in [-0.2, 0) is 6.54 Å². The third-order valence-corrected chi connectivity index (χ3v) is 4.51. The van der Waals surface area contributed by atoms with Gasteiger partial charge < -0.3 is 4.52 Å². The number of nitrogens with zero attached hydrogens (tertiary/aromatic N) is 5. The van der Waals surface area contributed by atoms with E-state index in [1.54, 1.807) is 23.6 Å². The largest absolute Gasteiger partial charge is 0.340 e. The van der Waals surface area contributed by atoms with Gasteiger partial charge in [-0.2, -0.15) is 4.98 Å². The van der Waals surface area contributed by atoms with E-state index in [0.717, 1.165) is 36.5 Å². The van der Waals surface area contributed by atoms with Gasteiger partial charge in [0, 0.05) is 25.7 Å². The normalized spacial score (nSPS) is 18.5. The predicted octanol–water partition coefficient (Wildman–Crippen LogP) is 2.03. The Morgan fingerprint density at radius 1 is 1.33 bits per heavy atom. The molecule has 124 valence electrons. The van der Waals surface area contributed by atoms with Crippen LogP contribution in [0.15, 0.2) is 33.7 Å². The number of likely N-dealkylation sites (tertiary alicyclic amines) is 1. The molecule has 1 atom stereocenters. The van der Waals surface area contributed by atoms with Crippen LogP contribution in [-0.4, -0.2) is 31.0 Å². The maximum absolute atomic E-state index is 12.3. The summed E-state index contributed by atoms with van der Waals surface area (Å²) < 4.78 is 6.70. The van der Waals surface area contributed by atoms with Crippen molar-refractivity contribution >= 4 is 5.65 Å². The Kier molecular flexibility index (Phi) is 3.65. The first kappa shape index (κ1) is 15.0. The highest BCUT2D eigenvalue weighted by atomic mass is 16.5. The molecule has 0 amide bonds. The SMILES string of the molecule is Cc1nc(C2CCCN2Cc2cc(=O)n3cccc(C)c3n2)no1. The molecular weight excluding hydrogens is 306 g/mol. The van der Waals surface area contributed by atoms with Crippen molar-refractivity contribution in [3.8, 4) is 0 Å². The quantitative estimate of drug-likeness (QED) is 0.733. The monoisotopic (exact) mass is 325 g/mol. The van der Waals surface area contributed by atoms with E-state index >= 15 is 0 Å². The van der Waals surface area contributed by atoms with Crippen molar-refractivity contribution in [1.29, 1.82) is 0 Å². The standard InChI is InChI=1S/C17H19N5O2/c1-11-5-3-8-22-15(23)9-13(19-17(11)22)10-21-7-4-6-14(21)16-18-12(2)24-20-16/h3,5,8-9,14H,4,6-7,10H2,1-2H3. The highest BCUT2D eigenvalue weighted by molar-refractivity contribution is 5.46. The lowest BCUT2D eigenvalue weighted by Gasteiger charge is -2.21. The van der Waals surface area contributed by atoms with Crippen molar-refractivity contribution in [1.82, 2.24) is 24.4 Å². The molecule has 0 radical (unpaired) electrons. The summed E-state index contributed by atoms with van der Waals surface area (Å²) in [5.74, 6) is 1.30. The molecule has 1 aliphatic heterocycles. The average Bonchev–Trinajstić information content (AvgIpc) is 3.17. The van der Waals surface area contributed by atoms with E-state index in [4.69, 9.17) is 4.52 Å². The van der Waals surface area contributed by atoms with Gasteiger partial charge in [0.1, 0.15) is 5.65 Å². The summed E-state index contributed by atoms with van der Waals surface area (Å²) in [4.78, 5) is 23.7. The van der Waals surface area contributed by atoms with E-state index in [2.05, 4.69) is 20.0 Å². The van der Waals surface area contributed by atoms with Gasteiger partial charge in [-0.3, -0.25) is 14.1 Å². The zero-order chi connectivity index (χ0) is 16.7. The predicted molar refractivity (Wildman–Crippen MR) is 87.6 cm³/mol. The molecule has 0 aromatic carbocycles. The smallest absolute Gasteiger partial charge is 0.258 e. The van der Waals surface area contributed by atoms with Crippen LogP contribution >= 0.6 is 0 Å². The lowest BCUT2D eigenvalue weighted by molar-refractivity contribution is 0.231. The molecule has 0 saturated carbocycles. The van der Waals surface area contributed by atoms with Crippen LogP contribution in [0.3, 0.4) is 0 Å². The van der Waals surface area contributed by atoms with E-state index in [0.29, 0.717) is 18.1 Å². The fourth-order valence-electron chi connectivity index (χ4n) is 3.36. The number of hydrogen-bond donors (Lipinski definition) is 0. The molecule has 3 aromatic rings. The van der Waals surface area contributed by atoms with Crippen LogP contribution in [0.5, 0.6) is 0 Å². The zero-order valence-corrected chi connectivity index (χ0v) is 13.8. The topological polar surface area (TPSA) is 76.5 Å². The minimum Gasteiger partial charge on any atom is -0.340 e. The number of rotatable bonds is 3. The van der Waals surface area contributed by atoms with Gasteiger partial charge in [-0.1, -0.05) is 11.2 Å². The molecule has 24 heavy (non-hydrogen) atoms. The van der Waals surface area contributed by atoms with Crippen molar-refractivity contribution in [3.63, 3.8) is 0 Å². The number of aromatic nitrogens is 4. The third-order valence-electron chi connectivity index (χ3n) is 4.51. The molecule has 1 fully saturated rings. The van der Waals surface area contributed by atoms with Crippen LogP contribution in [0.4, 0.5) is 0 Å². The van der Waals surface area contributed by atoms with Gasteiger partial charge in [-0.05, 0) is 37.9 Å². The summed E-state index contributed by atoms with van der Waals surface area (Å²) in [7, 11) is 0. The van der Waals surface area contributed by atoms with Gasteiger partial charge >= 0.3 is 0 Å². The Balaban J connectivity index is 1.66. The van der Waals surface area contributed by atoms with E-state index in [1.165, 1.54) is 0 Å². The van der Waals surface area contributed by atoms with E-state index < -0.39 is 0 Å². The second kappa shape index (κ2) is 5.83. The fourth-order valence-corrected chi connectivity index (χ4v) is 3.36. The van der Waals surface area contributed by atoms with Crippen LogP contribution in [0.1, 0.15) is 41.9 Å². The van der Waals surface area contributed by atoms with Gasteiger partial charge in [0.25, 0.3) is 5.56 Å². The van der Waals surface area contributed by atoms with Crippen molar-refractivity contribution in [2.45, 2.75) is 39.3 Å². The summed E-state index contributed by atoms with van der Waals surface area (Å²) >= 11 is 0. The molecule has 7 nitrogen and oxygen atoms in total. The summed E-state index contributed by atoms with van der Waals surface area (Å²) in [6.07, 6.45) is 3.82. The summed E-state index contributed by atoms with van der Waals surface area (Å²) in [6.45, 7) is 5.31. The summed E-state index contributed by atoms with van der Waals surface area (Å²) in [5, 5.41) is 4.06. The van der Waals surface area contributed by atoms with Crippen molar-refractivity contribution in [2.75, 3.05) is 6.54 Å². The first-order valence-corrected chi connectivity index (χ1v) is 8.14. The Morgan fingerprint density at radius 2 is 2.21 bits per heavy atom. The van der Waals surface area contributed by atoms with E-state index in [1.807, 2.05) is 19.1 Å². The van der Waals surface area contributed by atoms with Crippen molar-refractivity contribution < 1.29 is 4.52 Å². The second-order valence-corrected chi connectivity index (χ2v) is 6.27. The molecule has 1 saturated heterocycles. The maximum Gasteiger partial charge on any atom is 0.258 e. The Bertz CT molecular complexity index is 946. The summed E-state index contributed by atoms with van der Waals surface area (Å²) in [6, 6.07) is 5.56. The second-order valence-electron chi connectivity index (χ2n) is 6.27. The zero-order valence-electron chi connectivity index (χ0n) is 13.8. The molecule has 1 unspecified atom stereocenters. The molecule has 0 spiro atoms.